The third-order valence-corrected chi connectivity index (χ3v) is 8.79. The van der Waals surface area contributed by atoms with Crippen LogP contribution in [0.1, 0.15) is 58.5 Å². The minimum atomic E-state index is -1.62. The molecule has 1 fully saturated rings. The van der Waals surface area contributed by atoms with E-state index in [-0.39, 0.29) is 17.3 Å². The zero-order valence-electron chi connectivity index (χ0n) is 24.1. The first-order valence-electron chi connectivity index (χ1n) is 13.7. The molecular weight excluding hydrogens is 518 g/mol. The van der Waals surface area contributed by atoms with E-state index in [1.807, 2.05) is 62.1 Å². The van der Waals surface area contributed by atoms with E-state index >= 15 is 0 Å². The lowest BCUT2D eigenvalue weighted by Gasteiger charge is -2.38. The van der Waals surface area contributed by atoms with Gasteiger partial charge in [0.05, 0.1) is 33.4 Å². The van der Waals surface area contributed by atoms with Crippen molar-refractivity contribution in [3.05, 3.63) is 89.0 Å². The van der Waals surface area contributed by atoms with Gasteiger partial charge in [0.25, 0.3) is 0 Å². The van der Waals surface area contributed by atoms with Crippen molar-refractivity contribution in [3.63, 3.8) is 0 Å². The Hall–Kier alpha value is -4.39. The fourth-order valence-electron chi connectivity index (χ4n) is 7.07. The van der Waals surface area contributed by atoms with Gasteiger partial charge >= 0.3 is 0 Å². The molecule has 0 radical (unpaired) electrons. The standard InChI is InChI=1S/C34H33NO6/c1-33(2,3)32(38)27-26(22-16-17-24(39-4)29(41-6)28(22)40-5)34(30(36)20-12-8-9-13-21(20)31(34)37)25-18-15-19-11-7-10-14-23(19)35(25)27/h7-18,25-27H,1-6H3/t25-,26+,27-/m1/s1. The number of benzene rings is 3. The van der Waals surface area contributed by atoms with E-state index in [0.717, 1.165) is 11.3 Å². The molecule has 7 nitrogen and oxygen atoms in total. The largest absolute Gasteiger partial charge is 0.493 e. The second kappa shape index (κ2) is 9.33. The molecule has 1 saturated heterocycles. The van der Waals surface area contributed by atoms with Crippen molar-refractivity contribution >= 4 is 29.1 Å². The summed E-state index contributed by atoms with van der Waals surface area (Å²) >= 11 is 0. The number of nitrogens with zero attached hydrogens (tertiary/aromatic N) is 1. The summed E-state index contributed by atoms with van der Waals surface area (Å²) in [4.78, 5) is 46.2. The summed E-state index contributed by atoms with van der Waals surface area (Å²) in [6.07, 6.45) is 3.87. The average Bonchev–Trinajstić information content (AvgIpc) is 3.41. The topological polar surface area (TPSA) is 82.1 Å². The molecule has 6 rings (SSSR count). The monoisotopic (exact) mass is 551 g/mol. The van der Waals surface area contributed by atoms with Crippen molar-refractivity contribution in [1.29, 1.82) is 0 Å². The Balaban J connectivity index is 1.74. The van der Waals surface area contributed by atoms with E-state index in [1.165, 1.54) is 21.3 Å². The third-order valence-electron chi connectivity index (χ3n) is 8.79. The van der Waals surface area contributed by atoms with Crippen LogP contribution in [-0.2, 0) is 4.79 Å². The SMILES string of the molecule is COc1ccc([C@H]2[C@H](C(=O)C(C)(C)C)N3c4ccccc4C=C[C@@H]3C23C(=O)c2ccccc2C3=O)c(OC)c1OC. The number of rotatable bonds is 5. The van der Waals surface area contributed by atoms with E-state index in [9.17, 15) is 14.4 Å². The van der Waals surface area contributed by atoms with Gasteiger partial charge in [0.1, 0.15) is 5.41 Å². The Kier molecular flexibility index (Phi) is 6.10. The lowest BCUT2D eigenvalue weighted by atomic mass is 9.63. The number of anilines is 1. The van der Waals surface area contributed by atoms with E-state index in [4.69, 9.17) is 14.2 Å². The normalized spacial score (nSPS) is 21.9. The van der Waals surface area contributed by atoms with Crippen molar-refractivity contribution in [2.24, 2.45) is 10.8 Å². The second-order valence-electron chi connectivity index (χ2n) is 11.8. The summed E-state index contributed by atoms with van der Waals surface area (Å²) in [6, 6.07) is 16.7. The van der Waals surface area contributed by atoms with Crippen LogP contribution in [-0.4, -0.2) is 50.8 Å². The van der Waals surface area contributed by atoms with Gasteiger partial charge in [-0.15, -0.1) is 0 Å². The van der Waals surface area contributed by atoms with Gasteiger partial charge in [-0.3, -0.25) is 14.4 Å². The zero-order valence-corrected chi connectivity index (χ0v) is 24.1. The van der Waals surface area contributed by atoms with Crippen LogP contribution >= 0.6 is 0 Å². The molecule has 0 unspecified atom stereocenters. The van der Waals surface area contributed by atoms with Crippen LogP contribution < -0.4 is 19.1 Å². The van der Waals surface area contributed by atoms with E-state index in [2.05, 4.69) is 0 Å². The molecule has 3 aromatic rings. The molecule has 41 heavy (non-hydrogen) atoms. The summed E-state index contributed by atoms with van der Waals surface area (Å²) in [6.45, 7) is 5.62. The van der Waals surface area contributed by atoms with Gasteiger partial charge in [-0.2, -0.15) is 0 Å². The molecule has 1 spiro atoms. The smallest absolute Gasteiger partial charge is 0.203 e. The third kappa shape index (κ3) is 3.47. The molecule has 1 aliphatic carbocycles. The lowest BCUT2D eigenvalue weighted by molar-refractivity contribution is -0.127. The summed E-state index contributed by atoms with van der Waals surface area (Å²) in [7, 11) is 4.55. The zero-order chi connectivity index (χ0) is 29.3. The molecule has 3 aromatic carbocycles. The van der Waals surface area contributed by atoms with Crippen LogP contribution in [0.15, 0.2) is 66.7 Å². The van der Waals surface area contributed by atoms with Crippen LogP contribution in [0.4, 0.5) is 5.69 Å². The highest BCUT2D eigenvalue weighted by Gasteiger charge is 2.72. The number of ketones is 3. The Labute approximate surface area is 239 Å². The van der Waals surface area contributed by atoms with Gasteiger partial charge in [-0.05, 0) is 17.7 Å². The van der Waals surface area contributed by atoms with E-state index in [1.54, 1.807) is 36.4 Å². The van der Waals surface area contributed by atoms with Gasteiger partial charge in [-0.1, -0.05) is 81.5 Å². The number of carbonyl (C=O) groups excluding carboxylic acids is 3. The number of para-hydroxylation sites is 1. The van der Waals surface area contributed by atoms with Gasteiger partial charge in [-0.25, -0.2) is 0 Å². The van der Waals surface area contributed by atoms with Gasteiger partial charge in [0, 0.05) is 33.7 Å². The molecule has 0 aromatic heterocycles. The number of methoxy groups -OCH3 is 3. The minimum Gasteiger partial charge on any atom is -0.493 e. The highest BCUT2D eigenvalue weighted by atomic mass is 16.5. The van der Waals surface area contributed by atoms with Crippen LogP contribution in [0, 0.1) is 10.8 Å². The number of fused-ring (bicyclic) bond motifs is 5. The predicted octanol–water partition coefficient (Wildman–Crippen LogP) is 5.76. The predicted molar refractivity (Wildman–Crippen MR) is 156 cm³/mol. The molecule has 3 aliphatic rings. The molecule has 0 saturated carbocycles. The molecule has 0 N–H and O–H groups in total. The Morgan fingerprint density at radius 3 is 2.00 bits per heavy atom. The second-order valence-corrected chi connectivity index (χ2v) is 11.8. The number of hydrogen-bond acceptors (Lipinski definition) is 7. The summed E-state index contributed by atoms with van der Waals surface area (Å²) < 4.78 is 17.2. The summed E-state index contributed by atoms with van der Waals surface area (Å²) in [5.41, 5.74) is 0.614. The summed E-state index contributed by atoms with van der Waals surface area (Å²) in [5.74, 6) is -0.446. The van der Waals surface area contributed by atoms with Crippen molar-refractivity contribution in [1.82, 2.24) is 0 Å². The van der Waals surface area contributed by atoms with Gasteiger partial charge < -0.3 is 19.1 Å². The van der Waals surface area contributed by atoms with Crippen LogP contribution in [0.2, 0.25) is 0 Å². The molecule has 210 valence electrons. The molecule has 3 atom stereocenters. The maximum absolute atomic E-state index is 14.8. The summed E-state index contributed by atoms with van der Waals surface area (Å²) in [5, 5.41) is 0. The first kappa shape index (κ1) is 26.8. The van der Waals surface area contributed by atoms with E-state index in [0.29, 0.717) is 33.9 Å². The fraction of sp³-hybridized carbons (Fsp3) is 0.324. The maximum atomic E-state index is 14.8. The Morgan fingerprint density at radius 2 is 1.41 bits per heavy atom. The average molecular weight is 552 g/mol. The van der Waals surface area contributed by atoms with Gasteiger partial charge in [0.15, 0.2) is 28.8 Å². The minimum absolute atomic E-state index is 0.0807. The molecular formula is C34H33NO6. The van der Waals surface area contributed by atoms with Crippen molar-refractivity contribution in [3.8, 4) is 17.2 Å². The van der Waals surface area contributed by atoms with Crippen LogP contribution in [0.25, 0.3) is 6.08 Å². The molecule has 0 bridgehead atoms. The fourth-order valence-corrected chi connectivity index (χ4v) is 7.07. The number of carbonyl (C=O) groups is 3. The molecule has 2 aliphatic heterocycles. The van der Waals surface area contributed by atoms with Crippen molar-refractivity contribution < 1.29 is 28.6 Å². The molecule has 0 amide bonds. The van der Waals surface area contributed by atoms with Crippen molar-refractivity contribution in [2.45, 2.75) is 38.8 Å². The Bertz CT molecular complexity index is 1600. The quantitative estimate of drug-likeness (QED) is 0.373. The Morgan fingerprint density at radius 1 is 0.805 bits per heavy atom. The van der Waals surface area contributed by atoms with Gasteiger partial charge in [0.2, 0.25) is 5.75 Å². The molecule has 7 heteroatoms. The van der Waals surface area contributed by atoms with Crippen LogP contribution in [0.5, 0.6) is 17.2 Å². The highest BCUT2D eigenvalue weighted by Crippen LogP contribution is 2.63. The first-order valence-corrected chi connectivity index (χ1v) is 13.7. The number of hydrogen-bond donors (Lipinski definition) is 0. The number of ether oxygens (including phenoxy) is 3. The number of Topliss-reactive ketones (excluding diaryl/α,β-unsaturated/α-hetero) is 3. The lowest BCUT2D eigenvalue weighted by Crippen LogP contribution is -2.49. The first-order chi connectivity index (χ1) is 19.6. The van der Waals surface area contributed by atoms with Crippen LogP contribution in [0.3, 0.4) is 0 Å². The molecule has 2 heterocycles. The maximum Gasteiger partial charge on any atom is 0.203 e. The van der Waals surface area contributed by atoms with Crippen molar-refractivity contribution in [2.75, 3.05) is 26.2 Å². The highest BCUT2D eigenvalue weighted by molar-refractivity contribution is 6.32. The van der Waals surface area contributed by atoms with E-state index < -0.39 is 28.8 Å².